The maximum atomic E-state index is 5.01. The van der Waals surface area contributed by atoms with Crippen molar-refractivity contribution in [1.82, 2.24) is 29.1 Å². The first-order valence-electron chi connectivity index (χ1n) is 11.8. The van der Waals surface area contributed by atoms with E-state index in [9.17, 15) is 0 Å². The molecule has 0 N–H and O–H groups in total. The fraction of sp³-hybridized carbons (Fsp3) is 0. The molecule has 0 aliphatic carbocycles. The van der Waals surface area contributed by atoms with Crippen molar-refractivity contribution >= 4 is 54.8 Å². The average Bonchev–Trinajstić information content (AvgIpc) is 3.46. The van der Waals surface area contributed by atoms with Crippen LogP contribution in [-0.4, -0.2) is 29.1 Å². The molecule has 0 saturated heterocycles. The van der Waals surface area contributed by atoms with E-state index in [4.69, 9.17) is 15.0 Å². The summed E-state index contributed by atoms with van der Waals surface area (Å²) in [5, 5.41) is 4.27. The van der Waals surface area contributed by atoms with Crippen LogP contribution in [0.15, 0.2) is 110 Å². The highest BCUT2D eigenvalue weighted by molar-refractivity contribution is 6.24. The Morgan fingerprint density at radius 3 is 2.33 bits per heavy atom. The summed E-state index contributed by atoms with van der Waals surface area (Å²) in [6.07, 6.45) is 7.52. The molecule has 0 fully saturated rings. The number of benzene rings is 2. The zero-order valence-corrected chi connectivity index (χ0v) is 19.1. The summed E-state index contributed by atoms with van der Waals surface area (Å²) in [6.45, 7) is 0. The molecule has 2 aromatic carbocycles. The topological polar surface area (TPSA) is 61.4 Å². The highest BCUT2D eigenvalue weighted by Gasteiger charge is 2.22. The lowest BCUT2D eigenvalue weighted by Crippen LogP contribution is -1.99. The molecule has 8 aromatic rings. The van der Waals surface area contributed by atoms with E-state index in [2.05, 4.69) is 62.6 Å². The highest BCUT2D eigenvalue weighted by atomic mass is 15.1. The van der Waals surface area contributed by atoms with Gasteiger partial charge in [-0.15, -0.1) is 0 Å². The van der Waals surface area contributed by atoms with Gasteiger partial charge in [0.1, 0.15) is 11.5 Å². The standard InChI is InChI=1S/C30H18N6/c1-2-9-20(10-3-1)35-25-18-34-28-21-11-4-5-13-24(21)36(26-16-23-19(17-33-26)8-6-14-31-23)29(28)27(25)22-12-7-15-32-30(22)35/h1-18H. The molecule has 0 unspecified atom stereocenters. The second-order valence-corrected chi connectivity index (χ2v) is 8.85. The fourth-order valence-corrected chi connectivity index (χ4v) is 5.37. The van der Waals surface area contributed by atoms with Crippen LogP contribution in [0.1, 0.15) is 0 Å². The number of rotatable bonds is 2. The monoisotopic (exact) mass is 462 g/mol. The number of aromatic nitrogens is 6. The quantitative estimate of drug-likeness (QED) is 0.290. The summed E-state index contributed by atoms with van der Waals surface area (Å²) in [7, 11) is 0. The van der Waals surface area contributed by atoms with Gasteiger partial charge in [-0.1, -0.05) is 36.4 Å². The van der Waals surface area contributed by atoms with Gasteiger partial charge in [0.2, 0.25) is 0 Å². The van der Waals surface area contributed by atoms with E-state index < -0.39 is 0 Å². The van der Waals surface area contributed by atoms with E-state index in [1.807, 2.05) is 61.2 Å². The molecule has 8 rings (SSSR count). The fourth-order valence-electron chi connectivity index (χ4n) is 5.37. The van der Waals surface area contributed by atoms with Crippen molar-refractivity contribution in [2.45, 2.75) is 0 Å². The van der Waals surface area contributed by atoms with Crippen molar-refractivity contribution in [3.63, 3.8) is 0 Å². The highest BCUT2D eigenvalue weighted by Crippen LogP contribution is 2.40. The van der Waals surface area contributed by atoms with Crippen LogP contribution in [0.4, 0.5) is 0 Å². The maximum absolute atomic E-state index is 5.01. The van der Waals surface area contributed by atoms with E-state index in [1.54, 1.807) is 0 Å². The third-order valence-corrected chi connectivity index (χ3v) is 6.88. The number of hydrogen-bond donors (Lipinski definition) is 0. The van der Waals surface area contributed by atoms with E-state index in [0.29, 0.717) is 0 Å². The summed E-state index contributed by atoms with van der Waals surface area (Å²) in [4.78, 5) is 19.3. The Morgan fingerprint density at radius 2 is 1.39 bits per heavy atom. The summed E-state index contributed by atoms with van der Waals surface area (Å²) in [5.74, 6) is 0.811. The Morgan fingerprint density at radius 1 is 0.583 bits per heavy atom. The lowest BCUT2D eigenvalue weighted by Gasteiger charge is -2.09. The lowest BCUT2D eigenvalue weighted by molar-refractivity contribution is 1.09. The zero-order chi connectivity index (χ0) is 23.6. The molecule has 0 radical (unpaired) electrons. The molecule has 6 aromatic heterocycles. The van der Waals surface area contributed by atoms with Crippen molar-refractivity contribution < 1.29 is 0 Å². The van der Waals surface area contributed by atoms with Gasteiger partial charge < -0.3 is 0 Å². The van der Waals surface area contributed by atoms with E-state index in [1.165, 1.54) is 0 Å². The Balaban J connectivity index is 1.61. The van der Waals surface area contributed by atoms with Gasteiger partial charge in [-0.3, -0.25) is 19.1 Å². The van der Waals surface area contributed by atoms with Crippen LogP contribution in [-0.2, 0) is 0 Å². The normalized spacial score (nSPS) is 11.9. The van der Waals surface area contributed by atoms with Gasteiger partial charge in [0, 0.05) is 51.9 Å². The van der Waals surface area contributed by atoms with Crippen molar-refractivity contribution in [2.75, 3.05) is 0 Å². The Kier molecular flexibility index (Phi) is 3.85. The van der Waals surface area contributed by atoms with Crippen LogP contribution in [0, 0.1) is 0 Å². The van der Waals surface area contributed by atoms with Crippen molar-refractivity contribution in [2.24, 2.45) is 0 Å². The van der Waals surface area contributed by atoms with Gasteiger partial charge in [0.15, 0.2) is 0 Å². The molecule has 0 saturated carbocycles. The Labute approximate surface area is 205 Å². The van der Waals surface area contributed by atoms with Crippen LogP contribution in [0.25, 0.3) is 66.3 Å². The predicted octanol–water partition coefficient (Wildman–Crippen LogP) is 6.61. The van der Waals surface area contributed by atoms with Crippen molar-refractivity contribution in [3.8, 4) is 11.5 Å². The molecule has 6 nitrogen and oxygen atoms in total. The van der Waals surface area contributed by atoms with E-state index >= 15 is 0 Å². The number of pyridine rings is 4. The summed E-state index contributed by atoms with van der Waals surface area (Å²) < 4.78 is 4.41. The molecule has 0 aliphatic rings. The third-order valence-electron chi connectivity index (χ3n) is 6.88. The first kappa shape index (κ1) is 19.2. The van der Waals surface area contributed by atoms with E-state index in [-0.39, 0.29) is 0 Å². The van der Waals surface area contributed by atoms with Gasteiger partial charge in [-0.05, 0) is 42.5 Å². The second kappa shape index (κ2) is 7.20. The summed E-state index contributed by atoms with van der Waals surface area (Å²) in [5.41, 5.74) is 6.87. The average molecular weight is 463 g/mol. The van der Waals surface area contributed by atoms with Gasteiger partial charge in [0.05, 0.1) is 33.8 Å². The first-order valence-corrected chi connectivity index (χ1v) is 11.8. The molecule has 6 heterocycles. The molecule has 0 atom stereocenters. The Bertz CT molecular complexity index is 2100. The SMILES string of the molecule is c1ccc(-n2c3cnc4c5ccccc5n(-c5cc6ncccc6cn5)c4c3c3cccnc32)cc1. The van der Waals surface area contributed by atoms with Gasteiger partial charge >= 0.3 is 0 Å². The number of hydrogen-bond acceptors (Lipinski definition) is 4. The first-order chi connectivity index (χ1) is 17.9. The molecule has 0 spiro atoms. The van der Waals surface area contributed by atoms with Gasteiger partial charge in [-0.2, -0.15) is 0 Å². The van der Waals surface area contributed by atoms with Crippen LogP contribution < -0.4 is 0 Å². The van der Waals surface area contributed by atoms with Crippen molar-refractivity contribution in [1.29, 1.82) is 0 Å². The second-order valence-electron chi connectivity index (χ2n) is 8.85. The summed E-state index contributed by atoms with van der Waals surface area (Å²) >= 11 is 0. The zero-order valence-electron chi connectivity index (χ0n) is 19.1. The minimum Gasteiger partial charge on any atom is -0.292 e. The van der Waals surface area contributed by atoms with Crippen molar-refractivity contribution in [3.05, 3.63) is 110 Å². The molecular weight excluding hydrogens is 444 g/mol. The van der Waals surface area contributed by atoms with Gasteiger partial charge in [0.25, 0.3) is 0 Å². The molecule has 168 valence electrons. The van der Waals surface area contributed by atoms with Crippen LogP contribution in [0.5, 0.6) is 0 Å². The number of fused-ring (bicyclic) bond motifs is 8. The molecule has 6 heteroatoms. The largest absolute Gasteiger partial charge is 0.292 e. The minimum atomic E-state index is 0.811. The molecule has 0 aliphatic heterocycles. The third kappa shape index (κ3) is 2.55. The lowest BCUT2D eigenvalue weighted by atomic mass is 10.1. The number of para-hydroxylation sites is 2. The molecule has 0 amide bonds. The molecule has 36 heavy (non-hydrogen) atoms. The van der Waals surface area contributed by atoms with Crippen LogP contribution >= 0.6 is 0 Å². The van der Waals surface area contributed by atoms with Gasteiger partial charge in [-0.25, -0.2) is 9.97 Å². The maximum Gasteiger partial charge on any atom is 0.145 e. The van der Waals surface area contributed by atoms with Crippen LogP contribution in [0.3, 0.4) is 0 Å². The smallest absolute Gasteiger partial charge is 0.145 e. The minimum absolute atomic E-state index is 0.811. The van der Waals surface area contributed by atoms with E-state index in [0.717, 1.165) is 66.3 Å². The Hall–Kier alpha value is -5.10. The summed E-state index contributed by atoms with van der Waals surface area (Å²) in [6, 6.07) is 28.8. The predicted molar refractivity (Wildman–Crippen MR) is 144 cm³/mol. The number of nitrogens with zero attached hydrogens (tertiary/aromatic N) is 6. The van der Waals surface area contributed by atoms with Crippen LogP contribution in [0.2, 0.25) is 0 Å². The molecule has 0 bridgehead atoms. The molecular formula is C30H18N6.